The Morgan fingerprint density at radius 1 is 0.348 bits per heavy atom. The Morgan fingerprint density at radius 2 is 0.652 bits per heavy atom. The van der Waals surface area contributed by atoms with Crippen molar-refractivity contribution in [3.63, 3.8) is 0 Å². The van der Waals surface area contributed by atoms with E-state index in [4.69, 9.17) is 0 Å². The second-order valence-electron chi connectivity index (χ2n) is 21.5. The summed E-state index contributed by atoms with van der Waals surface area (Å²) >= 11 is 0. The second-order valence-corrected chi connectivity index (χ2v) is 31.8. The minimum atomic E-state index is -2.02. The smallest absolute Gasteiger partial charge is 0.125 e. The van der Waals surface area contributed by atoms with Crippen molar-refractivity contribution in [3.8, 4) is 22.9 Å². The van der Waals surface area contributed by atoms with Crippen LogP contribution in [0.5, 0.6) is 0 Å². The van der Waals surface area contributed by atoms with Crippen LogP contribution in [0.25, 0.3) is 75.4 Å². The molecule has 2 heteroatoms. The van der Waals surface area contributed by atoms with Crippen LogP contribution in [-0.2, 0) is 0 Å². The molecule has 66 heavy (non-hydrogen) atoms. The first-order chi connectivity index (χ1) is 32.0. The van der Waals surface area contributed by atoms with E-state index in [1.165, 1.54) is 176 Å². The molecule has 0 nitrogen and oxygen atoms in total. The predicted octanol–water partition coefficient (Wildman–Crippen LogP) is 20.2. The minimum absolute atomic E-state index is 0.586. The van der Waals surface area contributed by atoms with Crippen LogP contribution in [0.3, 0.4) is 0 Å². The molecule has 0 bridgehead atoms. The number of benzene rings is 8. The van der Waals surface area contributed by atoms with Crippen LogP contribution in [0, 0.1) is 22.9 Å². The highest BCUT2D eigenvalue weighted by Gasteiger charge is 2.39. The monoisotopic (exact) mass is 903 g/mol. The zero-order valence-electron chi connectivity index (χ0n) is 42.4. The van der Waals surface area contributed by atoms with Crippen LogP contribution in [0.2, 0.25) is 34.3 Å². The summed E-state index contributed by atoms with van der Waals surface area (Å²) in [7, 11) is -4.04. The standard InChI is InChI=1S/C64H78Si2/c1-11-13-15-17-19-25-37-65(45(3)4,46(5)6)39-35-53-55-31-33-58-62-44-52-30-24-22-28-50(52)42-60(62)54(36-40-66(47(7)8,48(9)10)38-26-20-18-16-14-12-2)56-32-34-57(63(55)64(56)58)61-43-51-29-23-21-27-49(51)41-59(53)61/h21-24,27-34,41-48H,11-20,25-26,37-38H2,1-10H3. The van der Waals surface area contributed by atoms with Gasteiger partial charge in [0.1, 0.15) is 16.1 Å². The summed E-state index contributed by atoms with van der Waals surface area (Å²) in [4.78, 5) is 0. The molecule has 0 fully saturated rings. The predicted molar refractivity (Wildman–Crippen MR) is 302 cm³/mol. The van der Waals surface area contributed by atoms with Gasteiger partial charge in [0.2, 0.25) is 0 Å². The van der Waals surface area contributed by atoms with Crippen LogP contribution in [0.1, 0.15) is 157 Å². The van der Waals surface area contributed by atoms with Crippen molar-refractivity contribution in [2.75, 3.05) is 0 Å². The average molecular weight is 903 g/mol. The molecule has 0 radical (unpaired) electrons. The molecule has 8 aromatic carbocycles. The maximum absolute atomic E-state index is 4.29. The Bertz CT molecular complexity index is 2870. The third kappa shape index (κ3) is 9.07. The molecule has 0 amide bonds. The van der Waals surface area contributed by atoms with Gasteiger partial charge < -0.3 is 0 Å². The van der Waals surface area contributed by atoms with Gasteiger partial charge >= 0.3 is 0 Å². The molecule has 8 rings (SSSR count). The van der Waals surface area contributed by atoms with E-state index in [0.29, 0.717) is 22.2 Å². The first kappa shape index (κ1) is 47.9. The summed E-state index contributed by atoms with van der Waals surface area (Å²) < 4.78 is 0. The van der Waals surface area contributed by atoms with Crippen LogP contribution in [0.4, 0.5) is 0 Å². The Kier molecular flexibility index (Phi) is 15.0. The number of hydrogen-bond acceptors (Lipinski definition) is 0. The summed E-state index contributed by atoms with van der Waals surface area (Å²) in [6, 6.07) is 40.0. The SMILES string of the molecule is CCCCCCCC[Si](C#Cc1c2cc3ccccc3cc2c2ccc3c(C#C[Si](CCCCCCCC)(C(C)C)C(C)C)c4cc5ccccc5cc4c4ccc1c2c34)(C(C)C)C(C)C. The van der Waals surface area contributed by atoms with E-state index in [9.17, 15) is 0 Å². The molecular weight excluding hydrogens is 825 g/mol. The topological polar surface area (TPSA) is 0 Å². The van der Waals surface area contributed by atoms with Gasteiger partial charge in [0.05, 0.1) is 0 Å². The van der Waals surface area contributed by atoms with E-state index in [2.05, 4.69) is 189 Å². The van der Waals surface area contributed by atoms with Crippen molar-refractivity contribution in [1.82, 2.24) is 0 Å². The molecule has 0 aliphatic carbocycles. The molecule has 0 aliphatic rings. The highest BCUT2D eigenvalue weighted by molar-refractivity contribution is 6.90. The van der Waals surface area contributed by atoms with Gasteiger partial charge in [0.25, 0.3) is 0 Å². The lowest BCUT2D eigenvalue weighted by Crippen LogP contribution is -2.40. The summed E-state index contributed by atoms with van der Waals surface area (Å²) in [5, 5.41) is 18.3. The lowest BCUT2D eigenvalue weighted by molar-refractivity contribution is 0.620. The van der Waals surface area contributed by atoms with Gasteiger partial charge in [-0.1, -0.05) is 231 Å². The summed E-state index contributed by atoms with van der Waals surface area (Å²) in [6.45, 7) is 24.5. The number of rotatable bonds is 18. The van der Waals surface area contributed by atoms with Crippen LogP contribution >= 0.6 is 0 Å². The second kappa shape index (κ2) is 20.7. The van der Waals surface area contributed by atoms with Crippen molar-refractivity contribution < 1.29 is 0 Å². The molecule has 342 valence electrons. The average Bonchev–Trinajstić information content (AvgIpc) is 3.31. The Morgan fingerprint density at radius 3 is 0.985 bits per heavy atom. The first-order valence-corrected chi connectivity index (χ1v) is 31.2. The quantitative estimate of drug-likeness (QED) is 0.0265. The highest BCUT2D eigenvalue weighted by Crippen LogP contribution is 2.47. The fourth-order valence-corrected chi connectivity index (χ4v) is 21.0. The van der Waals surface area contributed by atoms with Gasteiger partial charge in [-0.2, -0.15) is 0 Å². The molecule has 0 atom stereocenters. The summed E-state index contributed by atoms with van der Waals surface area (Å²) in [6.07, 6.45) is 16.0. The minimum Gasteiger partial charge on any atom is -0.125 e. The van der Waals surface area contributed by atoms with Crippen molar-refractivity contribution in [1.29, 1.82) is 0 Å². The molecular formula is C64H78Si2. The molecule has 0 aliphatic heterocycles. The van der Waals surface area contributed by atoms with Crippen LogP contribution in [-0.4, -0.2) is 16.1 Å². The normalized spacial score (nSPS) is 12.6. The number of unbranched alkanes of at least 4 members (excludes halogenated alkanes) is 10. The van der Waals surface area contributed by atoms with Crippen LogP contribution < -0.4 is 0 Å². The highest BCUT2D eigenvalue weighted by atomic mass is 28.3. The summed E-state index contributed by atoms with van der Waals surface area (Å²) in [5.74, 6) is 8.28. The van der Waals surface area contributed by atoms with Gasteiger partial charge in [-0.15, -0.1) is 11.1 Å². The zero-order valence-corrected chi connectivity index (χ0v) is 44.4. The molecule has 0 N–H and O–H groups in total. The Balaban J connectivity index is 1.42. The summed E-state index contributed by atoms with van der Waals surface area (Å²) in [5.41, 5.74) is 13.4. The number of hydrogen-bond donors (Lipinski definition) is 0. The number of fused-ring (bicyclic) bond motifs is 6. The van der Waals surface area contributed by atoms with Gasteiger partial charge in [-0.05, 0) is 134 Å². The van der Waals surface area contributed by atoms with Gasteiger partial charge in [0.15, 0.2) is 0 Å². The lowest BCUT2D eigenvalue weighted by atomic mass is 9.83. The first-order valence-electron chi connectivity index (χ1n) is 26.4. The van der Waals surface area contributed by atoms with Crippen molar-refractivity contribution in [3.05, 3.63) is 108 Å². The maximum Gasteiger partial charge on any atom is 0.143 e. The van der Waals surface area contributed by atoms with Crippen LogP contribution in [0.15, 0.2) is 97.1 Å². The fraction of sp³-hybridized carbons (Fsp3) is 0.438. The zero-order chi connectivity index (χ0) is 46.6. The largest absolute Gasteiger partial charge is 0.143 e. The van der Waals surface area contributed by atoms with E-state index < -0.39 is 16.1 Å². The molecule has 0 unspecified atom stereocenters. The van der Waals surface area contributed by atoms with Crippen molar-refractivity contribution in [2.45, 2.75) is 181 Å². The van der Waals surface area contributed by atoms with E-state index in [1.54, 1.807) is 0 Å². The Labute approximate surface area is 401 Å². The van der Waals surface area contributed by atoms with Gasteiger partial charge in [-0.25, -0.2) is 0 Å². The molecule has 0 heterocycles. The maximum atomic E-state index is 4.29. The molecule has 8 aromatic rings. The van der Waals surface area contributed by atoms with E-state index >= 15 is 0 Å². The van der Waals surface area contributed by atoms with E-state index in [1.807, 2.05) is 0 Å². The Hall–Kier alpha value is -4.61. The third-order valence-electron chi connectivity index (χ3n) is 16.4. The van der Waals surface area contributed by atoms with Crippen molar-refractivity contribution >= 4 is 91.6 Å². The van der Waals surface area contributed by atoms with E-state index in [0.717, 1.165) is 0 Å². The van der Waals surface area contributed by atoms with Gasteiger partial charge in [0, 0.05) is 11.1 Å². The molecule has 0 saturated carbocycles. The van der Waals surface area contributed by atoms with Gasteiger partial charge in [-0.3, -0.25) is 0 Å². The fourth-order valence-electron chi connectivity index (χ4n) is 12.2. The third-order valence-corrected chi connectivity index (χ3v) is 28.2. The molecule has 0 aromatic heterocycles. The lowest BCUT2D eigenvalue weighted by Gasteiger charge is -2.34. The van der Waals surface area contributed by atoms with Crippen molar-refractivity contribution in [2.24, 2.45) is 0 Å². The molecule has 0 saturated heterocycles. The molecule has 0 spiro atoms. The van der Waals surface area contributed by atoms with E-state index in [-0.39, 0.29) is 0 Å².